The van der Waals surface area contributed by atoms with Crippen molar-refractivity contribution < 1.29 is 19.1 Å². The molecule has 180 valence electrons. The summed E-state index contributed by atoms with van der Waals surface area (Å²) in [6.45, 7) is 8.07. The van der Waals surface area contributed by atoms with Crippen LogP contribution in [0.15, 0.2) is 48.5 Å². The summed E-state index contributed by atoms with van der Waals surface area (Å²) < 4.78 is 12.2. The number of hydrogen-bond donors (Lipinski definition) is 1. The van der Waals surface area contributed by atoms with Crippen LogP contribution in [0, 0.1) is 6.92 Å². The molecule has 0 bridgehead atoms. The zero-order valence-corrected chi connectivity index (χ0v) is 20.8. The van der Waals surface area contributed by atoms with Crippen molar-refractivity contribution in [2.24, 2.45) is 0 Å². The Bertz CT molecular complexity index is 1150. The molecule has 0 spiro atoms. The van der Waals surface area contributed by atoms with Gasteiger partial charge < -0.3 is 19.7 Å². The zero-order chi connectivity index (χ0) is 25.0. The van der Waals surface area contributed by atoms with Crippen LogP contribution < -0.4 is 14.8 Å². The van der Waals surface area contributed by atoms with E-state index in [0.717, 1.165) is 16.9 Å². The number of carbonyl (C=O) groups is 2. The van der Waals surface area contributed by atoms with Gasteiger partial charge in [-0.2, -0.15) is 5.10 Å². The molecular weight excluding hydrogens is 432 g/mol. The number of aryl methyl sites for hydroxylation is 1. The van der Waals surface area contributed by atoms with Crippen LogP contribution in [0.25, 0.3) is 5.69 Å². The van der Waals surface area contributed by atoms with Crippen LogP contribution >= 0.6 is 0 Å². The van der Waals surface area contributed by atoms with Gasteiger partial charge in [0.1, 0.15) is 17.3 Å². The Morgan fingerprint density at radius 3 is 2.12 bits per heavy atom. The highest BCUT2D eigenvalue weighted by molar-refractivity contribution is 5.99. The molecule has 1 heterocycles. The number of likely N-dealkylation sites (N-methyl/N-ethyl adjacent to an activating group) is 1. The van der Waals surface area contributed by atoms with Gasteiger partial charge >= 0.3 is 0 Å². The fraction of sp³-hybridized carbons (Fsp3) is 0.346. The van der Waals surface area contributed by atoms with Gasteiger partial charge in [-0.3, -0.25) is 9.59 Å². The zero-order valence-electron chi connectivity index (χ0n) is 20.8. The molecule has 1 aromatic heterocycles. The molecule has 0 unspecified atom stereocenters. The molecule has 0 aliphatic carbocycles. The van der Waals surface area contributed by atoms with Crippen molar-refractivity contribution in [1.82, 2.24) is 14.7 Å². The Balaban J connectivity index is 1.81. The summed E-state index contributed by atoms with van der Waals surface area (Å²) in [7, 11) is 4.61. The molecule has 1 N–H and O–H groups in total. The van der Waals surface area contributed by atoms with E-state index in [0.29, 0.717) is 22.9 Å². The minimum Gasteiger partial charge on any atom is -0.497 e. The lowest BCUT2D eigenvalue weighted by Crippen LogP contribution is -2.35. The minimum atomic E-state index is -0.334. The first-order valence-electron chi connectivity index (χ1n) is 11.0. The van der Waals surface area contributed by atoms with Crippen LogP contribution in [0.1, 0.15) is 42.4 Å². The van der Waals surface area contributed by atoms with E-state index in [4.69, 9.17) is 14.6 Å². The molecule has 8 nitrogen and oxygen atoms in total. The summed E-state index contributed by atoms with van der Waals surface area (Å²) in [6, 6.07) is 14.7. The van der Waals surface area contributed by atoms with E-state index in [2.05, 4.69) is 26.1 Å². The number of aromatic nitrogens is 2. The van der Waals surface area contributed by atoms with Crippen LogP contribution in [0.4, 0.5) is 5.82 Å². The van der Waals surface area contributed by atoms with Crippen LogP contribution in [0.5, 0.6) is 11.5 Å². The number of ether oxygens (including phenoxy) is 2. The second kappa shape index (κ2) is 9.99. The van der Waals surface area contributed by atoms with Gasteiger partial charge in [-0.05, 0) is 31.2 Å². The van der Waals surface area contributed by atoms with Gasteiger partial charge in [-0.1, -0.05) is 38.5 Å². The summed E-state index contributed by atoms with van der Waals surface area (Å²) in [6.07, 6.45) is 0. The summed E-state index contributed by atoms with van der Waals surface area (Å²) >= 11 is 0. The molecular formula is C26H32N4O4. The van der Waals surface area contributed by atoms with E-state index in [1.807, 2.05) is 37.3 Å². The van der Waals surface area contributed by atoms with E-state index < -0.39 is 0 Å². The average Bonchev–Trinajstić information content (AvgIpc) is 3.22. The van der Waals surface area contributed by atoms with E-state index in [1.165, 1.54) is 19.1 Å². The maximum Gasteiger partial charge on any atom is 0.254 e. The third-order valence-electron chi connectivity index (χ3n) is 5.35. The summed E-state index contributed by atoms with van der Waals surface area (Å²) in [5, 5.41) is 7.64. The lowest BCUT2D eigenvalue weighted by Gasteiger charge is -2.18. The molecule has 0 saturated carbocycles. The van der Waals surface area contributed by atoms with E-state index in [1.54, 1.807) is 29.9 Å². The molecule has 0 aliphatic heterocycles. The van der Waals surface area contributed by atoms with Crippen LogP contribution in [-0.4, -0.2) is 54.3 Å². The Morgan fingerprint density at radius 2 is 1.59 bits per heavy atom. The van der Waals surface area contributed by atoms with Crippen LogP contribution in [0.3, 0.4) is 0 Å². The molecule has 0 saturated heterocycles. The molecule has 8 heteroatoms. The first-order valence-corrected chi connectivity index (χ1v) is 11.0. The third kappa shape index (κ3) is 5.75. The lowest BCUT2D eigenvalue weighted by molar-refractivity contribution is -0.116. The second-order valence-electron chi connectivity index (χ2n) is 9.22. The number of carbonyl (C=O) groups excluding carboxylic acids is 2. The van der Waals surface area contributed by atoms with Gasteiger partial charge in [0.25, 0.3) is 5.91 Å². The first-order chi connectivity index (χ1) is 16.0. The Morgan fingerprint density at radius 1 is 1.00 bits per heavy atom. The summed E-state index contributed by atoms with van der Waals surface area (Å²) in [5.74, 6) is 0.881. The fourth-order valence-electron chi connectivity index (χ4n) is 3.34. The topological polar surface area (TPSA) is 85.7 Å². The largest absolute Gasteiger partial charge is 0.497 e. The Kier molecular flexibility index (Phi) is 7.29. The molecule has 2 aromatic carbocycles. The highest BCUT2D eigenvalue weighted by Crippen LogP contribution is 2.27. The van der Waals surface area contributed by atoms with Gasteiger partial charge in [0.05, 0.1) is 32.1 Å². The van der Waals surface area contributed by atoms with Crippen molar-refractivity contribution >= 4 is 17.6 Å². The van der Waals surface area contributed by atoms with Gasteiger partial charge in [0.15, 0.2) is 0 Å². The number of nitrogens with one attached hydrogen (secondary N) is 1. The molecule has 3 rings (SSSR count). The fourth-order valence-corrected chi connectivity index (χ4v) is 3.34. The van der Waals surface area contributed by atoms with Crippen LogP contribution in [0.2, 0.25) is 0 Å². The number of methoxy groups -OCH3 is 2. The molecule has 0 radical (unpaired) electrons. The normalized spacial score (nSPS) is 11.1. The molecule has 2 amide bonds. The van der Waals surface area contributed by atoms with Crippen molar-refractivity contribution in [1.29, 1.82) is 0 Å². The Hall–Kier alpha value is -3.81. The van der Waals surface area contributed by atoms with Crippen molar-refractivity contribution in [3.05, 3.63) is 65.4 Å². The lowest BCUT2D eigenvalue weighted by atomic mass is 9.92. The highest BCUT2D eigenvalue weighted by Gasteiger charge is 2.23. The SMILES string of the molecule is COc1cc(OC)cc(C(=O)N(C)CC(=O)Nc2cc(C(C)(C)C)nn2-c2ccc(C)cc2)c1. The quantitative estimate of drug-likeness (QED) is 0.566. The third-order valence-corrected chi connectivity index (χ3v) is 5.35. The smallest absolute Gasteiger partial charge is 0.254 e. The van der Waals surface area contributed by atoms with Crippen molar-refractivity contribution in [3.8, 4) is 17.2 Å². The number of rotatable bonds is 7. The average molecular weight is 465 g/mol. The Labute approximate surface area is 200 Å². The van der Waals surface area contributed by atoms with Gasteiger partial charge in [-0.15, -0.1) is 0 Å². The second-order valence-corrected chi connectivity index (χ2v) is 9.22. The molecule has 3 aromatic rings. The highest BCUT2D eigenvalue weighted by atomic mass is 16.5. The molecule has 0 fully saturated rings. The minimum absolute atomic E-state index is 0.137. The number of benzene rings is 2. The van der Waals surface area contributed by atoms with Gasteiger partial charge in [-0.25, -0.2) is 4.68 Å². The van der Waals surface area contributed by atoms with Crippen molar-refractivity contribution in [2.75, 3.05) is 33.1 Å². The number of amides is 2. The molecule has 0 aliphatic rings. The maximum absolute atomic E-state index is 12.9. The van der Waals surface area contributed by atoms with Crippen LogP contribution in [-0.2, 0) is 10.2 Å². The predicted octanol–water partition coefficient (Wildman–Crippen LogP) is 4.21. The van der Waals surface area contributed by atoms with E-state index in [9.17, 15) is 9.59 Å². The number of hydrogen-bond acceptors (Lipinski definition) is 5. The van der Waals surface area contributed by atoms with E-state index in [-0.39, 0.29) is 23.8 Å². The monoisotopic (exact) mass is 464 g/mol. The first kappa shape index (κ1) is 24.8. The number of anilines is 1. The summed E-state index contributed by atoms with van der Waals surface area (Å²) in [5.41, 5.74) is 2.98. The van der Waals surface area contributed by atoms with Crippen molar-refractivity contribution in [3.63, 3.8) is 0 Å². The molecule has 0 atom stereocenters. The predicted molar refractivity (Wildman–Crippen MR) is 132 cm³/mol. The van der Waals surface area contributed by atoms with Gasteiger partial charge in [0, 0.05) is 30.2 Å². The summed E-state index contributed by atoms with van der Waals surface area (Å²) in [4.78, 5) is 27.2. The molecule has 34 heavy (non-hydrogen) atoms. The maximum atomic E-state index is 12.9. The van der Waals surface area contributed by atoms with Gasteiger partial charge in [0.2, 0.25) is 5.91 Å². The standard InChI is InChI=1S/C26H32N4O4/c1-17-8-10-19(11-9-17)30-23(15-22(28-30)26(2,3)4)27-24(31)16-29(5)25(32)18-12-20(33-6)14-21(13-18)34-7/h8-15H,16H2,1-7H3,(H,27,31). The number of nitrogens with zero attached hydrogens (tertiary/aromatic N) is 3. The van der Waals surface area contributed by atoms with E-state index >= 15 is 0 Å². The van der Waals surface area contributed by atoms with Crippen molar-refractivity contribution in [2.45, 2.75) is 33.1 Å².